The number of methoxy groups -OCH3 is 1. The van der Waals surface area contributed by atoms with E-state index in [1.807, 2.05) is 24.3 Å². The third-order valence-electron chi connectivity index (χ3n) is 3.88. The van der Waals surface area contributed by atoms with Gasteiger partial charge in [0.05, 0.1) is 7.11 Å². The van der Waals surface area contributed by atoms with Crippen molar-refractivity contribution >= 4 is 0 Å². The minimum atomic E-state index is -0.458. The molecule has 1 aliphatic heterocycles. The van der Waals surface area contributed by atoms with Gasteiger partial charge in [-0.1, -0.05) is 6.92 Å². The van der Waals surface area contributed by atoms with E-state index in [9.17, 15) is 5.11 Å². The van der Waals surface area contributed by atoms with Crippen LogP contribution in [0, 0.1) is 0 Å². The highest BCUT2D eigenvalue weighted by atomic mass is 16.5. The number of ether oxygens (including phenoxy) is 2. The number of aliphatic hydroxyl groups excluding tert-OH is 1. The summed E-state index contributed by atoms with van der Waals surface area (Å²) in [6.07, 6.45) is -0.458. The van der Waals surface area contributed by atoms with Crippen LogP contribution in [0.15, 0.2) is 24.3 Å². The molecule has 1 aromatic rings. The molecule has 0 amide bonds. The number of hydrogen-bond donors (Lipinski definition) is 1. The predicted octanol–water partition coefficient (Wildman–Crippen LogP) is 1.07. The van der Waals surface area contributed by atoms with Gasteiger partial charge in [-0.15, -0.1) is 0 Å². The first kappa shape index (κ1) is 16.1. The second kappa shape index (κ2) is 8.22. The molecule has 21 heavy (non-hydrogen) atoms. The molecule has 1 aromatic carbocycles. The summed E-state index contributed by atoms with van der Waals surface area (Å²) in [4.78, 5) is 4.73. The Kier molecular flexibility index (Phi) is 6.29. The summed E-state index contributed by atoms with van der Waals surface area (Å²) in [6.45, 7) is 8.50. The molecule has 0 radical (unpaired) electrons. The Labute approximate surface area is 127 Å². The van der Waals surface area contributed by atoms with Gasteiger partial charge < -0.3 is 19.5 Å². The Hall–Kier alpha value is -1.30. The molecular weight excluding hydrogens is 268 g/mol. The Morgan fingerprint density at radius 2 is 1.62 bits per heavy atom. The average molecular weight is 294 g/mol. The predicted molar refractivity (Wildman–Crippen MR) is 83.0 cm³/mol. The van der Waals surface area contributed by atoms with Crippen molar-refractivity contribution in [3.05, 3.63) is 24.3 Å². The first-order valence-electron chi connectivity index (χ1n) is 7.61. The van der Waals surface area contributed by atoms with E-state index in [-0.39, 0.29) is 0 Å². The normalized spacial score (nSPS) is 18.4. The van der Waals surface area contributed by atoms with Gasteiger partial charge in [0.25, 0.3) is 0 Å². The zero-order chi connectivity index (χ0) is 15.1. The molecule has 2 rings (SSSR count). The molecule has 0 saturated carbocycles. The van der Waals surface area contributed by atoms with Crippen LogP contribution in [0.25, 0.3) is 0 Å². The number of benzene rings is 1. The van der Waals surface area contributed by atoms with Crippen LogP contribution in [0.4, 0.5) is 0 Å². The third kappa shape index (κ3) is 5.19. The number of piperazine rings is 1. The van der Waals surface area contributed by atoms with Crippen molar-refractivity contribution in [2.24, 2.45) is 0 Å². The monoisotopic (exact) mass is 294 g/mol. The fraction of sp³-hybridized carbons (Fsp3) is 0.625. The van der Waals surface area contributed by atoms with E-state index in [2.05, 4.69) is 16.7 Å². The van der Waals surface area contributed by atoms with Crippen LogP contribution in [0.1, 0.15) is 6.92 Å². The van der Waals surface area contributed by atoms with Gasteiger partial charge in [-0.2, -0.15) is 0 Å². The summed E-state index contributed by atoms with van der Waals surface area (Å²) in [5.41, 5.74) is 0. The van der Waals surface area contributed by atoms with Crippen LogP contribution < -0.4 is 9.47 Å². The minimum Gasteiger partial charge on any atom is -0.497 e. The van der Waals surface area contributed by atoms with E-state index in [1.54, 1.807) is 7.11 Å². The molecule has 0 aromatic heterocycles. The lowest BCUT2D eigenvalue weighted by Gasteiger charge is -2.34. The SMILES string of the molecule is CCN1CCN(C[C@H](O)COc2ccc(OC)cc2)CC1. The average Bonchev–Trinajstić information content (AvgIpc) is 2.54. The van der Waals surface area contributed by atoms with Crippen molar-refractivity contribution in [3.63, 3.8) is 0 Å². The summed E-state index contributed by atoms with van der Waals surface area (Å²) in [5, 5.41) is 10.1. The molecule has 118 valence electrons. The highest BCUT2D eigenvalue weighted by Crippen LogP contribution is 2.17. The van der Waals surface area contributed by atoms with Crippen LogP contribution in [0.3, 0.4) is 0 Å². The molecule has 0 spiro atoms. The first-order chi connectivity index (χ1) is 10.2. The minimum absolute atomic E-state index is 0.320. The van der Waals surface area contributed by atoms with E-state index in [0.717, 1.165) is 44.2 Å². The van der Waals surface area contributed by atoms with Gasteiger partial charge in [0.15, 0.2) is 0 Å². The van der Waals surface area contributed by atoms with Crippen LogP contribution >= 0.6 is 0 Å². The number of aliphatic hydroxyl groups is 1. The smallest absolute Gasteiger partial charge is 0.119 e. The maximum Gasteiger partial charge on any atom is 0.119 e. The highest BCUT2D eigenvalue weighted by Gasteiger charge is 2.18. The summed E-state index contributed by atoms with van der Waals surface area (Å²) in [5.74, 6) is 1.56. The van der Waals surface area contributed by atoms with E-state index in [0.29, 0.717) is 13.2 Å². The molecule has 1 atom stereocenters. The molecular formula is C16H26N2O3. The van der Waals surface area contributed by atoms with E-state index in [4.69, 9.17) is 9.47 Å². The van der Waals surface area contributed by atoms with Gasteiger partial charge in [-0.3, -0.25) is 4.90 Å². The largest absolute Gasteiger partial charge is 0.497 e. The van der Waals surface area contributed by atoms with E-state index >= 15 is 0 Å². The third-order valence-corrected chi connectivity index (χ3v) is 3.88. The van der Waals surface area contributed by atoms with Crippen LogP contribution in [0.2, 0.25) is 0 Å². The lowest BCUT2D eigenvalue weighted by Crippen LogP contribution is -2.49. The van der Waals surface area contributed by atoms with E-state index in [1.165, 1.54) is 0 Å². The van der Waals surface area contributed by atoms with Crippen molar-refractivity contribution in [1.82, 2.24) is 9.80 Å². The highest BCUT2D eigenvalue weighted by molar-refractivity contribution is 5.31. The Balaban J connectivity index is 1.68. The molecule has 0 aliphatic carbocycles. The fourth-order valence-electron chi connectivity index (χ4n) is 2.50. The van der Waals surface area contributed by atoms with Crippen LogP contribution in [-0.4, -0.2) is 74.0 Å². The molecule has 1 heterocycles. The molecule has 1 aliphatic rings. The van der Waals surface area contributed by atoms with Gasteiger partial charge in [0, 0.05) is 32.7 Å². The molecule has 0 bridgehead atoms. The van der Waals surface area contributed by atoms with E-state index < -0.39 is 6.10 Å². The van der Waals surface area contributed by atoms with Gasteiger partial charge in [-0.25, -0.2) is 0 Å². The van der Waals surface area contributed by atoms with Crippen molar-refractivity contribution in [3.8, 4) is 11.5 Å². The Morgan fingerprint density at radius 3 is 2.19 bits per heavy atom. The molecule has 1 N–H and O–H groups in total. The number of nitrogens with zero attached hydrogens (tertiary/aromatic N) is 2. The Bertz CT molecular complexity index is 402. The molecule has 1 saturated heterocycles. The number of hydrogen-bond acceptors (Lipinski definition) is 5. The summed E-state index contributed by atoms with van der Waals surface area (Å²) < 4.78 is 10.7. The van der Waals surface area contributed by atoms with Crippen molar-refractivity contribution < 1.29 is 14.6 Å². The number of rotatable bonds is 7. The Morgan fingerprint density at radius 1 is 1.05 bits per heavy atom. The van der Waals surface area contributed by atoms with Gasteiger partial charge in [0.1, 0.15) is 24.2 Å². The maximum atomic E-state index is 10.1. The second-order valence-corrected chi connectivity index (χ2v) is 5.38. The summed E-state index contributed by atoms with van der Waals surface area (Å²) in [6, 6.07) is 7.41. The fourth-order valence-corrected chi connectivity index (χ4v) is 2.50. The quantitative estimate of drug-likeness (QED) is 0.815. The molecule has 5 heteroatoms. The summed E-state index contributed by atoms with van der Waals surface area (Å²) in [7, 11) is 1.64. The first-order valence-corrected chi connectivity index (χ1v) is 7.61. The van der Waals surface area contributed by atoms with Crippen molar-refractivity contribution in [2.45, 2.75) is 13.0 Å². The van der Waals surface area contributed by atoms with Gasteiger partial charge >= 0.3 is 0 Å². The van der Waals surface area contributed by atoms with Crippen molar-refractivity contribution in [1.29, 1.82) is 0 Å². The molecule has 0 unspecified atom stereocenters. The van der Waals surface area contributed by atoms with Gasteiger partial charge in [0.2, 0.25) is 0 Å². The van der Waals surface area contributed by atoms with Crippen LogP contribution in [-0.2, 0) is 0 Å². The lowest BCUT2D eigenvalue weighted by molar-refractivity contribution is 0.0471. The second-order valence-electron chi connectivity index (χ2n) is 5.38. The molecule has 1 fully saturated rings. The number of likely N-dealkylation sites (N-methyl/N-ethyl adjacent to an activating group) is 1. The van der Waals surface area contributed by atoms with Crippen molar-refractivity contribution in [2.75, 3.05) is 53.0 Å². The van der Waals surface area contributed by atoms with Crippen LogP contribution in [0.5, 0.6) is 11.5 Å². The zero-order valence-electron chi connectivity index (χ0n) is 13.0. The molecule has 5 nitrogen and oxygen atoms in total. The lowest BCUT2D eigenvalue weighted by atomic mass is 10.2. The summed E-state index contributed by atoms with van der Waals surface area (Å²) >= 11 is 0. The standard InChI is InChI=1S/C16H26N2O3/c1-3-17-8-10-18(11-9-17)12-14(19)13-21-16-6-4-15(20-2)5-7-16/h4-7,14,19H,3,8-13H2,1-2H3/t14-/m0/s1. The topological polar surface area (TPSA) is 45.2 Å². The zero-order valence-corrected chi connectivity index (χ0v) is 13.0. The maximum absolute atomic E-state index is 10.1. The van der Waals surface area contributed by atoms with Gasteiger partial charge in [-0.05, 0) is 30.8 Å². The number of β-amino-alcohol motifs (C(OH)–C–C–N with tert-alkyl or cyclic N) is 1.